The van der Waals surface area contributed by atoms with Gasteiger partial charge in [0.1, 0.15) is 35.6 Å². The normalized spacial score (nSPS) is 17.6. The van der Waals surface area contributed by atoms with Crippen LogP contribution in [0.2, 0.25) is 0 Å². The minimum atomic E-state index is -0.939. The third-order valence-corrected chi connectivity index (χ3v) is 8.31. The fourth-order valence-electron chi connectivity index (χ4n) is 5.46. The molecule has 1 aromatic heterocycles. The second-order valence-corrected chi connectivity index (χ2v) is 11.0. The fourth-order valence-corrected chi connectivity index (χ4v) is 5.46. The van der Waals surface area contributed by atoms with Crippen molar-refractivity contribution in [1.82, 2.24) is 9.99 Å². The number of hydrogen-bond acceptors (Lipinski definition) is 6. The Balaban J connectivity index is 1.25. The van der Waals surface area contributed by atoms with Gasteiger partial charge in [-0.3, -0.25) is 4.79 Å². The number of aliphatic hydroxyl groups is 1. The number of piperidine rings is 1. The minimum absolute atomic E-state index is 0.114. The monoisotopic (exact) mass is 580 g/mol. The highest BCUT2D eigenvalue weighted by Gasteiger charge is 2.35. The van der Waals surface area contributed by atoms with Gasteiger partial charge in [-0.05, 0) is 79.3 Å². The van der Waals surface area contributed by atoms with Gasteiger partial charge in [-0.25, -0.2) is 23.2 Å². The number of carbonyl (C=O) groups is 1. The Morgan fingerprint density at radius 1 is 1.02 bits per heavy atom. The molecule has 0 aliphatic carbocycles. The van der Waals surface area contributed by atoms with Gasteiger partial charge in [-0.15, -0.1) is 0 Å². The van der Waals surface area contributed by atoms with E-state index in [4.69, 9.17) is 4.74 Å². The van der Waals surface area contributed by atoms with Gasteiger partial charge < -0.3 is 14.7 Å². The van der Waals surface area contributed by atoms with Gasteiger partial charge >= 0.3 is 0 Å². The molecule has 0 radical (unpaired) electrons. The van der Waals surface area contributed by atoms with Crippen LogP contribution in [-0.2, 0) is 4.79 Å². The first-order valence-electron chi connectivity index (χ1n) is 14.4. The number of halogens is 3. The molecule has 1 unspecified atom stereocenters. The summed E-state index contributed by atoms with van der Waals surface area (Å²) in [6.45, 7) is 5.02. The summed E-state index contributed by atoms with van der Waals surface area (Å²) in [5.41, 5.74) is 0.444. The number of carbonyl (C=O) groups excluding carboxylic acids is 1. The summed E-state index contributed by atoms with van der Waals surface area (Å²) >= 11 is 0. The van der Waals surface area contributed by atoms with Gasteiger partial charge in [0.05, 0.1) is 11.6 Å². The molecule has 1 fully saturated rings. The van der Waals surface area contributed by atoms with E-state index in [1.54, 1.807) is 30.6 Å². The number of anilines is 1. The molecule has 1 amide bonds. The molecule has 1 saturated heterocycles. The lowest BCUT2D eigenvalue weighted by molar-refractivity contribution is -0.138. The molecule has 7 nitrogen and oxygen atoms in total. The molecular weight excluding hydrogens is 545 g/mol. The van der Waals surface area contributed by atoms with Crippen LogP contribution in [-0.4, -0.2) is 52.5 Å². The van der Waals surface area contributed by atoms with Crippen molar-refractivity contribution in [3.8, 4) is 16.9 Å². The van der Waals surface area contributed by atoms with Gasteiger partial charge in [0.15, 0.2) is 0 Å². The number of hydrogen-bond donors (Lipinski definition) is 1. The molecule has 2 aliphatic heterocycles. The van der Waals surface area contributed by atoms with Crippen LogP contribution in [0.15, 0.2) is 59.8 Å². The van der Waals surface area contributed by atoms with Gasteiger partial charge in [0, 0.05) is 49.5 Å². The maximum atomic E-state index is 14.9. The molecule has 1 atom stereocenters. The average molecular weight is 581 g/mol. The zero-order valence-electron chi connectivity index (χ0n) is 23.8. The van der Waals surface area contributed by atoms with Crippen LogP contribution in [0.25, 0.3) is 11.1 Å². The zero-order chi connectivity index (χ0) is 29.9. The van der Waals surface area contributed by atoms with E-state index in [1.807, 2.05) is 19.9 Å². The number of aromatic nitrogens is 1. The molecule has 5 rings (SSSR count). The van der Waals surface area contributed by atoms with Crippen molar-refractivity contribution in [2.75, 3.05) is 24.6 Å². The lowest BCUT2D eigenvalue weighted by Crippen LogP contribution is -2.41. The predicted octanol–water partition coefficient (Wildman–Crippen LogP) is 6.27. The van der Waals surface area contributed by atoms with Crippen molar-refractivity contribution in [2.24, 2.45) is 11.0 Å². The predicted molar refractivity (Wildman–Crippen MR) is 155 cm³/mol. The number of pyridine rings is 1. The van der Waals surface area contributed by atoms with E-state index < -0.39 is 29.1 Å². The first-order chi connectivity index (χ1) is 20.2. The average Bonchev–Trinajstić information content (AvgIpc) is 3.50. The van der Waals surface area contributed by atoms with Crippen LogP contribution in [0.3, 0.4) is 0 Å². The molecule has 1 N–H and O–H groups in total. The van der Waals surface area contributed by atoms with Gasteiger partial charge in [0.25, 0.3) is 0 Å². The standard InChI is InChI=1S/C32H35F3N4O3/c1-3-32(41,4-2)20-42-26-5-6-28(35)27(19-26)22-7-11-36-30(17-22)38-13-9-21(10-14-38)31(40)39-29(8-12-37-39)23-15-24(33)18-25(34)16-23/h5-7,11-12,15-19,21,29,41H,3-4,8-10,13-14,20H2,1-2H3. The third kappa shape index (κ3) is 6.43. The Kier molecular flexibility index (Phi) is 8.82. The molecule has 42 heavy (non-hydrogen) atoms. The van der Waals surface area contributed by atoms with Gasteiger partial charge in [-0.2, -0.15) is 5.10 Å². The van der Waals surface area contributed by atoms with Crippen LogP contribution in [0.5, 0.6) is 5.75 Å². The number of hydrazone groups is 1. The number of rotatable bonds is 9. The first-order valence-corrected chi connectivity index (χ1v) is 14.4. The number of benzene rings is 2. The van der Waals surface area contributed by atoms with E-state index in [0.29, 0.717) is 73.5 Å². The van der Waals surface area contributed by atoms with E-state index >= 15 is 0 Å². The lowest BCUT2D eigenvalue weighted by atomic mass is 9.94. The Bertz CT molecular complexity index is 1430. The lowest BCUT2D eigenvalue weighted by Gasteiger charge is -2.34. The quantitative estimate of drug-likeness (QED) is 0.323. The van der Waals surface area contributed by atoms with E-state index in [1.165, 1.54) is 23.2 Å². The first kappa shape index (κ1) is 29.6. The van der Waals surface area contributed by atoms with Crippen LogP contribution in [0, 0.1) is 23.4 Å². The number of ether oxygens (including phenoxy) is 1. The number of amides is 1. The van der Waals surface area contributed by atoms with E-state index in [9.17, 15) is 23.1 Å². The zero-order valence-corrected chi connectivity index (χ0v) is 23.8. The Morgan fingerprint density at radius 2 is 1.74 bits per heavy atom. The second kappa shape index (κ2) is 12.5. The molecule has 2 aromatic carbocycles. The molecule has 0 bridgehead atoms. The topological polar surface area (TPSA) is 78.3 Å². The van der Waals surface area contributed by atoms with E-state index in [0.717, 1.165) is 6.07 Å². The van der Waals surface area contributed by atoms with E-state index in [2.05, 4.69) is 15.0 Å². The summed E-state index contributed by atoms with van der Waals surface area (Å²) in [4.78, 5) is 19.9. The largest absolute Gasteiger partial charge is 0.491 e. The fraction of sp³-hybridized carbons (Fsp3) is 0.406. The SMILES string of the molecule is CCC(O)(CC)COc1ccc(F)c(-c2ccnc(N3CCC(C(=O)N4N=CCC4c4cc(F)cc(F)c4)CC3)c2)c1. The molecule has 222 valence electrons. The molecular formula is C32H35F3N4O3. The van der Waals surface area contributed by atoms with Crippen LogP contribution < -0.4 is 9.64 Å². The van der Waals surface area contributed by atoms with Gasteiger partial charge in [0.2, 0.25) is 5.91 Å². The highest BCUT2D eigenvalue weighted by atomic mass is 19.1. The maximum Gasteiger partial charge on any atom is 0.246 e. The summed E-state index contributed by atoms with van der Waals surface area (Å²) in [7, 11) is 0. The Morgan fingerprint density at radius 3 is 2.43 bits per heavy atom. The van der Waals surface area contributed by atoms with Crippen molar-refractivity contribution < 1.29 is 27.8 Å². The van der Waals surface area contributed by atoms with E-state index in [-0.39, 0.29) is 18.4 Å². The summed E-state index contributed by atoms with van der Waals surface area (Å²) in [6.07, 6.45) is 5.82. The van der Waals surface area contributed by atoms with Crippen LogP contribution >= 0.6 is 0 Å². The third-order valence-electron chi connectivity index (χ3n) is 8.31. The smallest absolute Gasteiger partial charge is 0.246 e. The van der Waals surface area contributed by atoms with Gasteiger partial charge in [-0.1, -0.05) is 13.8 Å². The van der Waals surface area contributed by atoms with Crippen molar-refractivity contribution >= 4 is 17.9 Å². The summed E-state index contributed by atoms with van der Waals surface area (Å²) < 4.78 is 48.3. The summed E-state index contributed by atoms with van der Waals surface area (Å²) in [5.74, 6) is -1.10. The van der Waals surface area contributed by atoms with Crippen molar-refractivity contribution in [3.63, 3.8) is 0 Å². The Labute approximate surface area is 243 Å². The van der Waals surface area contributed by atoms with Crippen molar-refractivity contribution in [2.45, 2.75) is 57.6 Å². The second-order valence-electron chi connectivity index (χ2n) is 11.0. The minimum Gasteiger partial charge on any atom is -0.491 e. The maximum absolute atomic E-state index is 14.9. The molecule has 3 aromatic rings. The molecule has 0 saturated carbocycles. The molecule has 2 aliphatic rings. The van der Waals surface area contributed by atoms with Crippen molar-refractivity contribution in [3.05, 3.63) is 77.7 Å². The highest BCUT2D eigenvalue weighted by Crippen LogP contribution is 2.34. The number of nitrogens with zero attached hydrogens (tertiary/aromatic N) is 4. The Hall–Kier alpha value is -3.92. The summed E-state index contributed by atoms with van der Waals surface area (Å²) in [5, 5.41) is 16.1. The van der Waals surface area contributed by atoms with Crippen molar-refractivity contribution in [1.29, 1.82) is 0 Å². The molecule has 10 heteroatoms. The van der Waals surface area contributed by atoms with Crippen LogP contribution in [0.4, 0.5) is 19.0 Å². The van der Waals surface area contributed by atoms with Crippen LogP contribution in [0.1, 0.15) is 57.6 Å². The molecule has 0 spiro atoms. The summed E-state index contributed by atoms with van der Waals surface area (Å²) in [6, 6.07) is 10.8. The highest BCUT2D eigenvalue weighted by molar-refractivity contribution is 5.82. The molecule has 3 heterocycles.